The van der Waals surface area contributed by atoms with Gasteiger partial charge in [-0.25, -0.2) is 0 Å². The Labute approximate surface area is 116 Å². The van der Waals surface area contributed by atoms with Crippen LogP contribution in [-0.2, 0) is 6.42 Å². The Morgan fingerprint density at radius 3 is 3.00 bits per heavy atom. The molecule has 0 saturated heterocycles. The molecule has 1 atom stereocenters. The second-order valence-electron chi connectivity index (χ2n) is 5.25. The molecule has 1 aliphatic rings. The summed E-state index contributed by atoms with van der Waals surface area (Å²) >= 11 is 0. The second kappa shape index (κ2) is 7.51. The first kappa shape index (κ1) is 14.4. The van der Waals surface area contributed by atoms with E-state index in [9.17, 15) is 0 Å². The fourth-order valence-corrected chi connectivity index (χ4v) is 2.82. The van der Waals surface area contributed by atoms with Gasteiger partial charge in [-0.15, -0.1) is 0 Å². The molecule has 0 radical (unpaired) electrons. The summed E-state index contributed by atoms with van der Waals surface area (Å²) in [4.78, 5) is 0. The lowest BCUT2D eigenvalue weighted by Gasteiger charge is -2.27. The van der Waals surface area contributed by atoms with Gasteiger partial charge in [-0.2, -0.15) is 0 Å². The first-order chi connectivity index (χ1) is 9.35. The Hall–Kier alpha value is -1.06. The van der Waals surface area contributed by atoms with Crippen LogP contribution in [0.5, 0.6) is 5.75 Å². The molecule has 3 heteroatoms. The highest BCUT2D eigenvalue weighted by molar-refractivity contribution is 5.39. The maximum atomic E-state index is 8.76. The van der Waals surface area contributed by atoms with E-state index in [2.05, 4.69) is 23.5 Å². The largest absolute Gasteiger partial charge is 0.497 e. The fourth-order valence-electron chi connectivity index (χ4n) is 2.82. The van der Waals surface area contributed by atoms with Crippen molar-refractivity contribution in [1.29, 1.82) is 0 Å². The summed E-state index contributed by atoms with van der Waals surface area (Å²) < 4.78 is 5.30. The third-order valence-electron chi connectivity index (χ3n) is 3.89. The highest BCUT2D eigenvalue weighted by Gasteiger charge is 2.19. The van der Waals surface area contributed by atoms with Crippen molar-refractivity contribution in [2.24, 2.45) is 0 Å². The number of unbranched alkanes of at least 4 members (excludes halogenated alkanes) is 2. The molecule has 1 unspecified atom stereocenters. The summed E-state index contributed by atoms with van der Waals surface area (Å²) in [7, 11) is 1.72. The van der Waals surface area contributed by atoms with Gasteiger partial charge in [0, 0.05) is 12.6 Å². The monoisotopic (exact) mass is 263 g/mol. The molecule has 1 aromatic carbocycles. The molecule has 1 aliphatic carbocycles. The quantitative estimate of drug-likeness (QED) is 0.743. The van der Waals surface area contributed by atoms with Crippen LogP contribution in [0.1, 0.15) is 49.3 Å². The predicted molar refractivity (Wildman–Crippen MR) is 77.6 cm³/mol. The van der Waals surface area contributed by atoms with Gasteiger partial charge in [0.1, 0.15) is 5.75 Å². The molecule has 0 aliphatic heterocycles. The van der Waals surface area contributed by atoms with E-state index < -0.39 is 0 Å². The van der Waals surface area contributed by atoms with Crippen LogP contribution in [0.4, 0.5) is 0 Å². The van der Waals surface area contributed by atoms with Crippen LogP contribution in [0.25, 0.3) is 0 Å². The van der Waals surface area contributed by atoms with Crippen LogP contribution < -0.4 is 10.1 Å². The zero-order valence-corrected chi connectivity index (χ0v) is 11.8. The van der Waals surface area contributed by atoms with Gasteiger partial charge < -0.3 is 15.2 Å². The normalized spacial score (nSPS) is 18.1. The maximum Gasteiger partial charge on any atom is 0.119 e. The van der Waals surface area contributed by atoms with E-state index >= 15 is 0 Å². The number of aryl methyl sites for hydroxylation is 1. The molecule has 0 bridgehead atoms. The standard InChI is InChI=1S/C16H25NO2/c1-19-14-8-9-15-13(12-14)6-5-7-16(15)17-10-3-2-4-11-18/h8-9,12,16-18H,2-7,10-11H2,1H3. The zero-order chi connectivity index (χ0) is 13.5. The van der Waals surface area contributed by atoms with Crippen molar-refractivity contribution in [3.8, 4) is 5.75 Å². The molecular formula is C16H25NO2. The van der Waals surface area contributed by atoms with Gasteiger partial charge in [0.05, 0.1) is 7.11 Å². The number of fused-ring (bicyclic) bond motifs is 1. The van der Waals surface area contributed by atoms with Gasteiger partial charge in [0.2, 0.25) is 0 Å². The third kappa shape index (κ3) is 3.95. The van der Waals surface area contributed by atoms with Crippen molar-refractivity contribution in [3.63, 3.8) is 0 Å². The van der Waals surface area contributed by atoms with Crippen LogP contribution in [0.3, 0.4) is 0 Å². The number of benzene rings is 1. The lowest BCUT2D eigenvalue weighted by atomic mass is 9.87. The molecule has 0 heterocycles. The van der Waals surface area contributed by atoms with Crippen LogP contribution in [0, 0.1) is 0 Å². The Morgan fingerprint density at radius 1 is 1.32 bits per heavy atom. The van der Waals surface area contributed by atoms with E-state index in [1.165, 1.54) is 24.0 Å². The Bertz CT molecular complexity index is 392. The molecule has 0 aromatic heterocycles. The number of methoxy groups -OCH3 is 1. The van der Waals surface area contributed by atoms with E-state index in [1.54, 1.807) is 7.11 Å². The summed E-state index contributed by atoms with van der Waals surface area (Å²) in [5.74, 6) is 0.961. The molecule has 0 fully saturated rings. The minimum absolute atomic E-state index is 0.312. The van der Waals surface area contributed by atoms with E-state index in [0.29, 0.717) is 12.6 Å². The Kier molecular flexibility index (Phi) is 5.67. The average Bonchev–Trinajstić information content (AvgIpc) is 2.46. The third-order valence-corrected chi connectivity index (χ3v) is 3.89. The van der Waals surface area contributed by atoms with Crippen LogP contribution >= 0.6 is 0 Å². The number of aliphatic hydroxyl groups excluding tert-OH is 1. The lowest BCUT2D eigenvalue weighted by molar-refractivity contribution is 0.282. The second-order valence-corrected chi connectivity index (χ2v) is 5.25. The molecular weight excluding hydrogens is 238 g/mol. The number of rotatable bonds is 7. The van der Waals surface area contributed by atoms with E-state index in [1.807, 2.05) is 0 Å². The molecule has 2 rings (SSSR count). The molecule has 0 spiro atoms. The van der Waals surface area contributed by atoms with Crippen LogP contribution in [-0.4, -0.2) is 25.4 Å². The van der Waals surface area contributed by atoms with Crippen molar-refractivity contribution in [3.05, 3.63) is 29.3 Å². The molecule has 19 heavy (non-hydrogen) atoms. The van der Waals surface area contributed by atoms with Gasteiger partial charge in [0.15, 0.2) is 0 Å². The molecule has 3 nitrogen and oxygen atoms in total. The number of ether oxygens (including phenoxy) is 1. The maximum absolute atomic E-state index is 8.76. The lowest BCUT2D eigenvalue weighted by Crippen LogP contribution is -2.26. The minimum Gasteiger partial charge on any atom is -0.497 e. The molecule has 1 aromatic rings. The van der Waals surface area contributed by atoms with Gasteiger partial charge in [-0.3, -0.25) is 0 Å². The smallest absolute Gasteiger partial charge is 0.119 e. The SMILES string of the molecule is COc1ccc2c(c1)CCCC2NCCCCCO. The Balaban J connectivity index is 1.90. The van der Waals surface area contributed by atoms with Crippen molar-refractivity contribution in [2.75, 3.05) is 20.3 Å². The van der Waals surface area contributed by atoms with Gasteiger partial charge in [0.25, 0.3) is 0 Å². The molecule has 0 amide bonds. The summed E-state index contributed by atoms with van der Waals surface area (Å²) in [5.41, 5.74) is 2.87. The van der Waals surface area contributed by atoms with Crippen LogP contribution in [0.15, 0.2) is 18.2 Å². The number of aliphatic hydroxyl groups is 1. The molecule has 2 N–H and O–H groups in total. The van der Waals surface area contributed by atoms with Gasteiger partial charge in [-0.1, -0.05) is 6.07 Å². The highest BCUT2D eigenvalue weighted by atomic mass is 16.5. The number of hydrogen-bond acceptors (Lipinski definition) is 3. The summed E-state index contributed by atoms with van der Waals surface area (Å²) in [6.45, 7) is 1.35. The summed E-state index contributed by atoms with van der Waals surface area (Å²) in [6.07, 6.45) is 6.79. The average molecular weight is 263 g/mol. The first-order valence-electron chi connectivity index (χ1n) is 7.36. The zero-order valence-electron chi connectivity index (χ0n) is 11.8. The predicted octanol–water partition coefficient (Wildman–Crippen LogP) is 2.82. The van der Waals surface area contributed by atoms with Gasteiger partial charge in [-0.05, 0) is 68.3 Å². The van der Waals surface area contributed by atoms with Crippen molar-refractivity contribution >= 4 is 0 Å². The topological polar surface area (TPSA) is 41.5 Å². The van der Waals surface area contributed by atoms with Gasteiger partial charge >= 0.3 is 0 Å². The molecule has 106 valence electrons. The van der Waals surface area contributed by atoms with Crippen molar-refractivity contribution in [1.82, 2.24) is 5.32 Å². The summed E-state index contributed by atoms with van der Waals surface area (Å²) in [6, 6.07) is 6.93. The minimum atomic E-state index is 0.312. The van der Waals surface area contributed by atoms with E-state index in [-0.39, 0.29) is 0 Å². The first-order valence-corrected chi connectivity index (χ1v) is 7.36. The fraction of sp³-hybridized carbons (Fsp3) is 0.625. The Morgan fingerprint density at radius 2 is 2.21 bits per heavy atom. The van der Waals surface area contributed by atoms with Crippen molar-refractivity contribution < 1.29 is 9.84 Å². The van der Waals surface area contributed by atoms with Crippen molar-refractivity contribution in [2.45, 2.75) is 44.6 Å². The highest BCUT2D eigenvalue weighted by Crippen LogP contribution is 2.32. The van der Waals surface area contributed by atoms with Crippen LogP contribution in [0.2, 0.25) is 0 Å². The summed E-state index contributed by atoms with van der Waals surface area (Å²) in [5, 5.41) is 12.4. The van der Waals surface area contributed by atoms with E-state index in [0.717, 1.165) is 38.0 Å². The van der Waals surface area contributed by atoms with E-state index in [4.69, 9.17) is 9.84 Å². The molecule has 0 saturated carbocycles. The number of hydrogen-bond donors (Lipinski definition) is 2. The number of nitrogens with one attached hydrogen (secondary N) is 1.